The number of esters is 1. The maximum Gasteiger partial charge on any atom is 0.550 e. The van der Waals surface area contributed by atoms with Gasteiger partial charge in [-0.05, 0) is 38.0 Å². The molecule has 0 saturated heterocycles. The normalized spacial score (nSPS) is 29.0. The first-order chi connectivity index (χ1) is 16.3. The van der Waals surface area contributed by atoms with Gasteiger partial charge in [0.2, 0.25) is 0 Å². The van der Waals surface area contributed by atoms with Gasteiger partial charge >= 0.3 is 52.3 Å². The third-order valence-electron chi connectivity index (χ3n) is 6.15. The van der Waals surface area contributed by atoms with E-state index in [0.717, 1.165) is 0 Å². The monoisotopic (exact) mass is 620 g/mol. The zero-order valence-corrected chi connectivity index (χ0v) is 20.9. The molecule has 37 heavy (non-hydrogen) atoms. The minimum absolute atomic E-state index is 0.103. The summed E-state index contributed by atoms with van der Waals surface area (Å²) < 4.78 is 177. The summed E-state index contributed by atoms with van der Waals surface area (Å²) in [6.45, 7) is 1.48. The predicted molar refractivity (Wildman–Crippen MR) is 104 cm³/mol. The van der Waals surface area contributed by atoms with Crippen molar-refractivity contribution in [3.63, 3.8) is 0 Å². The summed E-state index contributed by atoms with van der Waals surface area (Å²) >= 11 is 0. The highest BCUT2D eigenvalue weighted by molar-refractivity contribution is 7.98. The molecule has 0 aromatic carbocycles. The Morgan fingerprint density at radius 3 is 1.95 bits per heavy atom. The van der Waals surface area contributed by atoms with Gasteiger partial charge in [-0.25, -0.2) is 17.9 Å². The predicted octanol–water partition coefficient (Wildman–Crippen LogP) is 0.995. The third kappa shape index (κ3) is 5.68. The van der Waals surface area contributed by atoms with Crippen molar-refractivity contribution in [3.05, 3.63) is 5.21 Å². The number of alkyl halides is 8. The molecule has 22 heteroatoms. The molecule has 0 heterocycles. The van der Waals surface area contributed by atoms with Crippen molar-refractivity contribution in [2.75, 3.05) is 0 Å². The van der Waals surface area contributed by atoms with E-state index in [1.807, 2.05) is 0 Å². The lowest BCUT2D eigenvalue weighted by molar-refractivity contribution is -0.559. The number of hydrogen-bond donors (Lipinski definition) is 2. The lowest BCUT2D eigenvalue weighted by atomic mass is 9.61. The number of fused-ring (bicyclic) bond motifs is 2. The van der Waals surface area contributed by atoms with Crippen molar-refractivity contribution in [3.8, 4) is 0 Å². The number of sulfonamides is 3. The topological polar surface area (TPSA) is 168 Å². The van der Waals surface area contributed by atoms with Crippen LogP contribution >= 0.6 is 0 Å². The third-order valence-corrected chi connectivity index (χ3v) is 11.1. The van der Waals surface area contributed by atoms with Gasteiger partial charge in [0.05, 0.1) is 0 Å². The van der Waals surface area contributed by atoms with Crippen LogP contribution < -0.4 is 8.60 Å². The molecule has 2 N–H and O–H groups in total. The van der Waals surface area contributed by atoms with Gasteiger partial charge in [0, 0.05) is 12.0 Å². The Morgan fingerprint density at radius 2 is 1.49 bits per heavy atom. The quantitative estimate of drug-likeness (QED) is 0.229. The molecule has 2 aliphatic rings. The minimum Gasteiger partial charge on any atom is -0.602 e. The first-order valence-electron chi connectivity index (χ1n) is 10.1. The Hall–Kier alpha value is -1.36. The number of halogens is 8. The summed E-state index contributed by atoms with van der Waals surface area (Å²) in [6, 6.07) is 0. The van der Waals surface area contributed by atoms with E-state index in [-0.39, 0.29) is 32.1 Å². The smallest absolute Gasteiger partial charge is 0.550 e. The average molecular weight is 621 g/mol. The molecule has 0 radical (unpaired) electrons. The zero-order valence-electron chi connectivity index (χ0n) is 18.4. The van der Waals surface area contributed by atoms with E-state index in [4.69, 9.17) is 0 Å². The molecule has 218 valence electrons. The first-order valence-corrected chi connectivity index (χ1v) is 14.6. The molecular formula is C15H20F8N2O9S3. The van der Waals surface area contributed by atoms with Crippen LogP contribution in [-0.2, 0) is 39.6 Å². The largest absolute Gasteiger partial charge is 0.602 e. The molecule has 4 atom stereocenters. The number of hydrogen-bond acceptors (Lipinski definition) is 9. The molecule has 11 nitrogen and oxygen atoms in total. The minimum atomic E-state index is -7.36. The Kier molecular flexibility index (Phi) is 8.08. The Balaban J connectivity index is 2.45. The highest BCUT2D eigenvalue weighted by atomic mass is 32.3. The standard InChI is InChI=1S/C15H20F8N2O9S3/c1-2-9-6-11(24-35(28,29)14(18,19)20)4-3-5-12(7-9,8-11)34-10(26)13(16,17)36(30,31)25(27)37(32,33)15(21,22)23/h9,24-25H,2-8H2,1H3. The van der Waals surface area contributed by atoms with Crippen LogP contribution in [0.4, 0.5) is 35.1 Å². The number of carbonyl (C=O) groups is 1. The summed E-state index contributed by atoms with van der Waals surface area (Å²) in [7, 11) is -20.7. The van der Waals surface area contributed by atoms with E-state index in [2.05, 4.69) is 4.74 Å². The number of ether oxygens (including phenoxy) is 1. The molecule has 0 aliphatic heterocycles. The van der Waals surface area contributed by atoms with Crippen molar-refractivity contribution < 1.29 is 73.8 Å². The summed E-state index contributed by atoms with van der Waals surface area (Å²) in [4.78, 5) is 12.2. The molecule has 2 aliphatic carbocycles. The van der Waals surface area contributed by atoms with Gasteiger partial charge in [0.1, 0.15) is 5.60 Å². The summed E-state index contributed by atoms with van der Waals surface area (Å²) in [5.41, 5.74) is -16.6. The van der Waals surface area contributed by atoms with Crippen LogP contribution in [0.25, 0.3) is 0 Å². The molecule has 2 bridgehead atoms. The molecular weight excluding hydrogens is 600 g/mol. The highest BCUT2D eigenvalue weighted by Crippen LogP contribution is 2.52. The first kappa shape index (κ1) is 31.9. The molecule has 2 rings (SSSR count). The van der Waals surface area contributed by atoms with Crippen molar-refractivity contribution in [2.24, 2.45) is 5.92 Å². The fraction of sp³-hybridized carbons (Fsp3) is 0.933. The molecule has 2 saturated carbocycles. The van der Waals surface area contributed by atoms with Crippen LogP contribution in [0.15, 0.2) is 0 Å². The lowest BCUT2D eigenvalue weighted by Gasteiger charge is -2.54. The van der Waals surface area contributed by atoms with Crippen LogP contribution in [-0.4, -0.2) is 58.6 Å². The van der Waals surface area contributed by atoms with Crippen LogP contribution in [0.1, 0.15) is 51.9 Å². The molecule has 2 fully saturated rings. The second kappa shape index (κ2) is 9.38. The van der Waals surface area contributed by atoms with E-state index < -0.39 is 86.1 Å². The molecule has 0 aromatic rings. The fourth-order valence-electron chi connectivity index (χ4n) is 4.64. The van der Waals surface area contributed by atoms with Gasteiger partial charge in [0.25, 0.3) is 0 Å². The molecule has 0 spiro atoms. The van der Waals surface area contributed by atoms with E-state index in [1.165, 1.54) is 11.6 Å². The van der Waals surface area contributed by atoms with Crippen molar-refractivity contribution >= 4 is 36.0 Å². The van der Waals surface area contributed by atoms with Crippen LogP contribution in [0.2, 0.25) is 0 Å². The second-order valence-electron chi connectivity index (χ2n) is 8.84. The van der Waals surface area contributed by atoms with Gasteiger partial charge in [0.15, 0.2) is 0 Å². The number of rotatable bonds is 8. The molecule has 4 unspecified atom stereocenters. The van der Waals surface area contributed by atoms with E-state index in [0.29, 0.717) is 0 Å². The van der Waals surface area contributed by atoms with E-state index in [1.54, 1.807) is 0 Å². The van der Waals surface area contributed by atoms with Gasteiger partial charge < -0.3 is 9.94 Å². The van der Waals surface area contributed by atoms with Crippen molar-refractivity contribution in [2.45, 2.75) is 79.3 Å². The lowest BCUT2D eigenvalue weighted by Crippen LogP contribution is -3.14. The van der Waals surface area contributed by atoms with Crippen LogP contribution in [0.3, 0.4) is 0 Å². The Labute approximate surface area is 205 Å². The van der Waals surface area contributed by atoms with Gasteiger partial charge in [-0.1, -0.05) is 13.3 Å². The zero-order chi connectivity index (χ0) is 29.1. The van der Waals surface area contributed by atoms with Gasteiger partial charge in [-0.3, -0.25) is 0 Å². The molecule has 0 amide bonds. The summed E-state index contributed by atoms with van der Waals surface area (Å²) in [5.74, 6) is -3.90. The summed E-state index contributed by atoms with van der Waals surface area (Å²) in [6.07, 6.45) is -2.26. The fourth-order valence-corrected chi connectivity index (χ4v) is 8.00. The summed E-state index contributed by atoms with van der Waals surface area (Å²) in [5, 5.41) is 5.27. The maximum absolute atomic E-state index is 14.5. The van der Waals surface area contributed by atoms with Crippen molar-refractivity contribution in [1.29, 1.82) is 0 Å². The van der Waals surface area contributed by atoms with Gasteiger partial charge in [-0.15, -0.1) is 3.87 Å². The maximum atomic E-state index is 14.5. The number of quaternary nitrogens is 1. The second-order valence-corrected chi connectivity index (χ2v) is 14.5. The van der Waals surface area contributed by atoms with Gasteiger partial charge in [-0.2, -0.15) is 52.0 Å². The Morgan fingerprint density at radius 1 is 0.946 bits per heavy atom. The van der Waals surface area contributed by atoms with Crippen LogP contribution in [0.5, 0.6) is 0 Å². The van der Waals surface area contributed by atoms with E-state index >= 15 is 0 Å². The molecule has 0 aromatic heterocycles. The Bertz CT molecular complexity index is 1230. The SMILES string of the molecule is CCC1CC2(NS(=O)(=O)C(F)(F)F)CCCC(OC(=O)C(F)(F)S(=O)(=O)[NH+]([O-])S(=O)(=O)C(F)(F)F)(C1)C2. The number of carbonyl (C=O) groups excluding carboxylic acids is 1. The highest BCUT2D eigenvalue weighted by Gasteiger charge is 2.67. The number of nitrogens with one attached hydrogen (secondary N) is 2. The van der Waals surface area contributed by atoms with E-state index in [9.17, 15) is 70.4 Å². The van der Waals surface area contributed by atoms with Crippen LogP contribution in [0, 0.1) is 11.1 Å². The van der Waals surface area contributed by atoms with Crippen molar-refractivity contribution in [1.82, 2.24) is 4.72 Å². The average Bonchev–Trinajstić information content (AvgIpc) is 2.69.